The number of nitrogens with two attached hydrogens (primary N) is 1. The fourth-order valence-electron chi connectivity index (χ4n) is 1.04. The van der Waals surface area contributed by atoms with Crippen molar-refractivity contribution < 1.29 is 0 Å². The Morgan fingerprint density at radius 1 is 1.57 bits per heavy atom. The quantitative estimate of drug-likeness (QED) is 0.542. The van der Waals surface area contributed by atoms with Crippen molar-refractivity contribution in [1.82, 2.24) is 0 Å². The molecule has 0 amide bonds. The molecule has 1 aromatic rings. The Labute approximate surface area is 83.1 Å². The molecule has 0 aromatic heterocycles. The molecule has 4 nitrogen and oxygen atoms in total. The fraction of sp³-hybridized carbons (Fsp3) is 0.200. The molecule has 3 N–H and O–H groups in total. The van der Waals surface area contributed by atoms with Crippen LogP contribution >= 0.6 is 0 Å². The lowest BCUT2D eigenvalue weighted by Gasteiger charge is -2.05. The number of aliphatic imine (C=N–C) groups is 1. The summed E-state index contributed by atoms with van der Waals surface area (Å²) in [5, 5.41) is 11.7. The van der Waals surface area contributed by atoms with Crippen molar-refractivity contribution in [2.24, 2.45) is 10.7 Å². The minimum absolute atomic E-state index is 0.329. The zero-order chi connectivity index (χ0) is 10.4. The number of nitrogens with zero attached hydrogens (tertiary/aromatic N) is 2. The smallest absolute Gasteiger partial charge is 0.193 e. The molecule has 0 fully saturated rings. The second kappa shape index (κ2) is 4.87. The van der Waals surface area contributed by atoms with Gasteiger partial charge in [0.15, 0.2) is 5.96 Å². The fourth-order valence-corrected chi connectivity index (χ4v) is 1.04. The van der Waals surface area contributed by atoms with Gasteiger partial charge in [-0.2, -0.15) is 5.26 Å². The summed E-state index contributed by atoms with van der Waals surface area (Å²) in [4.78, 5) is 3.97. The molecule has 0 aliphatic carbocycles. The van der Waals surface area contributed by atoms with Crippen molar-refractivity contribution in [1.29, 1.82) is 5.26 Å². The van der Waals surface area contributed by atoms with Gasteiger partial charge in [-0.25, -0.2) is 0 Å². The van der Waals surface area contributed by atoms with E-state index in [0.29, 0.717) is 23.8 Å². The van der Waals surface area contributed by atoms with Crippen molar-refractivity contribution in [3.63, 3.8) is 0 Å². The van der Waals surface area contributed by atoms with Crippen molar-refractivity contribution in [2.45, 2.75) is 6.92 Å². The van der Waals surface area contributed by atoms with Crippen LogP contribution in [0.25, 0.3) is 0 Å². The second-order valence-electron chi connectivity index (χ2n) is 2.64. The zero-order valence-electron chi connectivity index (χ0n) is 7.99. The van der Waals surface area contributed by atoms with Gasteiger partial charge >= 0.3 is 0 Å². The zero-order valence-corrected chi connectivity index (χ0v) is 7.99. The normalized spacial score (nSPS) is 10.7. The van der Waals surface area contributed by atoms with Crippen LogP contribution in [0.2, 0.25) is 0 Å². The van der Waals surface area contributed by atoms with Gasteiger partial charge in [0.25, 0.3) is 0 Å². The van der Waals surface area contributed by atoms with E-state index < -0.39 is 0 Å². The molecule has 0 radical (unpaired) electrons. The van der Waals surface area contributed by atoms with Crippen LogP contribution in [0.4, 0.5) is 5.69 Å². The van der Waals surface area contributed by atoms with Crippen LogP contribution in [0.3, 0.4) is 0 Å². The second-order valence-corrected chi connectivity index (χ2v) is 2.64. The molecule has 0 aliphatic rings. The highest BCUT2D eigenvalue weighted by Crippen LogP contribution is 2.12. The summed E-state index contributed by atoms with van der Waals surface area (Å²) in [7, 11) is 0. The summed E-state index contributed by atoms with van der Waals surface area (Å²) in [5.74, 6) is 0.329. The highest BCUT2D eigenvalue weighted by Gasteiger charge is 2.00. The van der Waals surface area contributed by atoms with Gasteiger partial charge in [-0.3, -0.25) is 4.99 Å². The van der Waals surface area contributed by atoms with Crippen LogP contribution < -0.4 is 11.1 Å². The predicted molar refractivity (Wildman–Crippen MR) is 56.9 cm³/mol. The molecule has 0 atom stereocenters. The van der Waals surface area contributed by atoms with Gasteiger partial charge < -0.3 is 11.1 Å². The van der Waals surface area contributed by atoms with Crippen molar-refractivity contribution in [2.75, 3.05) is 11.9 Å². The average Bonchev–Trinajstić information content (AvgIpc) is 2.19. The number of guanidine groups is 1. The van der Waals surface area contributed by atoms with Crippen molar-refractivity contribution in [3.8, 4) is 6.07 Å². The number of nitrogens with one attached hydrogen (secondary N) is 1. The molecule has 0 unspecified atom stereocenters. The first-order chi connectivity index (χ1) is 6.77. The number of anilines is 1. The number of para-hydroxylation sites is 1. The lowest BCUT2D eigenvalue weighted by Crippen LogP contribution is -2.23. The molecular formula is C10H12N4. The molecule has 4 heteroatoms. The minimum atomic E-state index is 0.329. The molecule has 72 valence electrons. The van der Waals surface area contributed by atoms with E-state index in [9.17, 15) is 0 Å². The van der Waals surface area contributed by atoms with E-state index in [-0.39, 0.29) is 0 Å². The Morgan fingerprint density at radius 2 is 2.29 bits per heavy atom. The van der Waals surface area contributed by atoms with Crippen LogP contribution in [0, 0.1) is 11.3 Å². The third kappa shape index (κ3) is 2.49. The van der Waals surface area contributed by atoms with Gasteiger partial charge in [-0.15, -0.1) is 0 Å². The van der Waals surface area contributed by atoms with Gasteiger partial charge in [-0.05, 0) is 19.1 Å². The predicted octanol–water partition coefficient (Wildman–Crippen LogP) is 1.30. The first kappa shape index (κ1) is 10.1. The first-order valence-electron chi connectivity index (χ1n) is 4.34. The highest BCUT2D eigenvalue weighted by molar-refractivity contribution is 5.93. The Hall–Kier alpha value is -2.02. The molecule has 0 spiro atoms. The van der Waals surface area contributed by atoms with Gasteiger partial charge in [0.05, 0.1) is 11.3 Å². The topological polar surface area (TPSA) is 74.2 Å². The van der Waals surface area contributed by atoms with E-state index >= 15 is 0 Å². The standard InChI is InChI=1S/C10H12N4/c1-2-13-10(12)14-9-6-4-3-5-8(9)7-11/h3-6H,2H2,1H3,(H3,12,13,14). The molecule has 0 heterocycles. The van der Waals surface area contributed by atoms with Crippen LogP contribution in [-0.4, -0.2) is 12.5 Å². The number of rotatable bonds is 2. The summed E-state index contributed by atoms with van der Waals surface area (Å²) in [6.07, 6.45) is 0. The van der Waals surface area contributed by atoms with E-state index in [2.05, 4.69) is 16.4 Å². The lowest BCUT2D eigenvalue weighted by atomic mass is 10.2. The maximum atomic E-state index is 8.79. The van der Waals surface area contributed by atoms with Crippen LogP contribution in [-0.2, 0) is 0 Å². The maximum Gasteiger partial charge on any atom is 0.193 e. The molecule has 0 saturated heterocycles. The number of hydrogen-bond acceptors (Lipinski definition) is 2. The van der Waals surface area contributed by atoms with Crippen LogP contribution in [0.15, 0.2) is 29.3 Å². The van der Waals surface area contributed by atoms with E-state index in [1.54, 1.807) is 18.2 Å². The molecular weight excluding hydrogens is 176 g/mol. The summed E-state index contributed by atoms with van der Waals surface area (Å²) in [6, 6.07) is 9.22. The Morgan fingerprint density at radius 3 is 2.93 bits per heavy atom. The molecule has 1 aromatic carbocycles. The Bertz CT molecular complexity index is 376. The van der Waals surface area contributed by atoms with Gasteiger partial charge in [0.1, 0.15) is 6.07 Å². The SMILES string of the molecule is CCN=C(N)Nc1ccccc1C#N. The molecule has 14 heavy (non-hydrogen) atoms. The maximum absolute atomic E-state index is 8.79. The summed E-state index contributed by atoms with van der Waals surface area (Å²) in [5.41, 5.74) is 6.81. The summed E-state index contributed by atoms with van der Waals surface area (Å²) < 4.78 is 0. The lowest BCUT2D eigenvalue weighted by molar-refractivity contribution is 1.12. The molecule has 1 rings (SSSR count). The third-order valence-electron chi connectivity index (χ3n) is 1.64. The van der Waals surface area contributed by atoms with Crippen molar-refractivity contribution >= 4 is 11.6 Å². The monoisotopic (exact) mass is 188 g/mol. The first-order valence-corrected chi connectivity index (χ1v) is 4.34. The number of hydrogen-bond donors (Lipinski definition) is 2. The minimum Gasteiger partial charge on any atom is -0.370 e. The van der Waals surface area contributed by atoms with E-state index in [1.165, 1.54) is 0 Å². The Kier molecular flexibility index (Phi) is 3.50. The molecule has 0 aliphatic heterocycles. The largest absolute Gasteiger partial charge is 0.370 e. The number of benzene rings is 1. The van der Waals surface area contributed by atoms with Crippen LogP contribution in [0.1, 0.15) is 12.5 Å². The third-order valence-corrected chi connectivity index (χ3v) is 1.64. The van der Waals surface area contributed by atoms with E-state index in [0.717, 1.165) is 0 Å². The van der Waals surface area contributed by atoms with Gasteiger partial charge in [0, 0.05) is 6.54 Å². The van der Waals surface area contributed by atoms with Gasteiger partial charge in [0.2, 0.25) is 0 Å². The summed E-state index contributed by atoms with van der Waals surface area (Å²) in [6.45, 7) is 2.51. The Balaban J connectivity index is 2.87. The van der Waals surface area contributed by atoms with E-state index in [1.807, 2.05) is 13.0 Å². The number of nitriles is 1. The van der Waals surface area contributed by atoms with Crippen LogP contribution in [0.5, 0.6) is 0 Å². The highest BCUT2D eigenvalue weighted by atomic mass is 15.1. The van der Waals surface area contributed by atoms with E-state index in [4.69, 9.17) is 11.0 Å². The molecule has 0 bridgehead atoms. The van der Waals surface area contributed by atoms with Crippen molar-refractivity contribution in [3.05, 3.63) is 29.8 Å². The average molecular weight is 188 g/mol. The molecule has 0 saturated carbocycles. The summed E-state index contributed by atoms with van der Waals surface area (Å²) >= 11 is 0. The van der Waals surface area contributed by atoms with Gasteiger partial charge in [-0.1, -0.05) is 12.1 Å².